The predicted molar refractivity (Wildman–Crippen MR) is 69.2 cm³/mol. The van der Waals surface area contributed by atoms with E-state index in [4.69, 9.17) is 0 Å². The molecule has 2 unspecified atom stereocenters. The third-order valence-electron chi connectivity index (χ3n) is 3.60. The summed E-state index contributed by atoms with van der Waals surface area (Å²) in [5.41, 5.74) is 3.98. The molecule has 0 saturated heterocycles. The predicted octanol–water partition coefficient (Wildman–Crippen LogP) is 2.55. The first-order chi connectivity index (χ1) is 8.75. The second kappa shape index (κ2) is 4.50. The minimum Gasteiger partial charge on any atom is -0.386 e. The number of nitrogens with zero attached hydrogens (tertiary/aromatic N) is 2. The Morgan fingerprint density at radius 2 is 2.17 bits per heavy atom. The molecule has 2 atom stereocenters. The number of hydrogen-bond donors (Lipinski definition) is 1. The minimum atomic E-state index is -0.555. The summed E-state index contributed by atoms with van der Waals surface area (Å²) in [7, 11) is 0. The Morgan fingerprint density at radius 3 is 3.00 bits per heavy atom. The lowest BCUT2D eigenvalue weighted by molar-refractivity contribution is 0.138. The lowest BCUT2D eigenvalue weighted by Gasteiger charge is -2.18. The van der Waals surface area contributed by atoms with E-state index in [0.717, 1.165) is 29.9 Å². The highest BCUT2D eigenvalue weighted by Crippen LogP contribution is 2.39. The number of aryl methyl sites for hydroxylation is 2. The van der Waals surface area contributed by atoms with Gasteiger partial charge in [0.1, 0.15) is 6.10 Å². The molecule has 0 saturated carbocycles. The van der Waals surface area contributed by atoms with Crippen LogP contribution in [0.2, 0.25) is 0 Å². The van der Waals surface area contributed by atoms with Crippen molar-refractivity contribution in [2.24, 2.45) is 0 Å². The quantitative estimate of drug-likeness (QED) is 0.877. The lowest BCUT2D eigenvalue weighted by Crippen LogP contribution is -2.11. The zero-order chi connectivity index (χ0) is 12.5. The maximum atomic E-state index is 10.5. The van der Waals surface area contributed by atoms with Crippen LogP contribution in [-0.4, -0.2) is 15.1 Å². The molecule has 0 aromatic carbocycles. The number of rotatable bonds is 2. The SMILES string of the molecule is Cc1cccc(C(O)C2CCc3cccnc32)n1. The zero-order valence-electron chi connectivity index (χ0n) is 10.4. The summed E-state index contributed by atoms with van der Waals surface area (Å²) in [4.78, 5) is 8.83. The van der Waals surface area contributed by atoms with Crippen molar-refractivity contribution in [1.82, 2.24) is 9.97 Å². The molecule has 18 heavy (non-hydrogen) atoms. The van der Waals surface area contributed by atoms with E-state index < -0.39 is 6.10 Å². The first-order valence-corrected chi connectivity index (χ1v) is 6.31. The van der Waals surface area contributed by atoms with Gasteiger partial charge in [0.2, 0.25) is 0 Å². The molecule has 3 nitrogen and oxygen atoms in total. The summed E-state index contributed by atoms with van der Waals surface area (Å²) in [6.07, 6.45) is 3.19. The van der Waals surface area contributed by atoms with Crippen molar-refractivity contribution >= 4 is 0 Å². The van der Waals surface area contributed by atoms with Crippen LogP contribution in [0.3, 0.4) is 0 Å². The Labute approximate surface area is 107 Å². The van der Waals surface area contributed by atoms with Gasteiger partial charge >= 0.3 is 0 Å². The average molecular weight is 240 g/mol. The average Bonchev–Trinajstić information content (AvgIpc) is 2.82. The fraction of sp³-hybridized carbons (Fsp3) is 0.333. The molecule has 3 heteroatoms. The van der Waals surface area contributed by atoms with Gasteiger partial charge in [-0.2, -0.15) is 0 Å². The van der Waals surface area contributed by atoms with Crippen LogP contribution in [-0.2, 0) is 6.42 Å². The molecule has 92 valence electrons. The highest BCUT2D eigenvalue weighted by molar-refractivity contribution is 5.31. The summed E-state index contributed by atoms with van der Waals surface area (Å²) in [5, 5.41) is 10.5. The second-order valence-corrected chi connectivity index (χ2v) is 4.84. The van der Waals surface area contributed by atoms with E-state index in [1.165, 1.54) is 5.56 Å². The highest BCUT2D eigenvalue weighted by atomic mass is 16.3. The van der Waals surface area contributed by atoms with Crippen LogP contribution in [0.5, 0.6) is 0 Å². The van der Waals surface area contributed by atoms with Crippen molar-refractivity contribution in [3.63, 3.8) is 0 Å². The van der Waals surface area contributed by atoms with E-state index in [-0.39, 0.29) is 5.92 Å². The van der Waals surface area contributed by atoms with Gasteiger partial charge in [-0.05, 0) is 43.5 Å². The van der Waals surface area contributed by atoms with Crippen LogP contribution in [0.4, 0.5) is 0 Å². The molecule has 2 aromatic rings. The van der Waals surface area contributed by atoms with Gasteiger partial charge < -0.3 is 5.11 Å². The topological polar surface area (TPSA) is 46.0 Å². The largest absolute Gasteiger partial charge is 0.386 e. The van der Waals surface area contributed by atoms with Crippen molar-refractivity contribution in [2.45, 2.75) is 31.8 Å². The molecule has 2 heterocycles. The molecule has 1 aliphatic rings. The van der Waals surface area contributed by atoms with E-state index in [1.807, 2.05) is 31.2 Å². The molecule has 0 bridgehead atoms. The van der Waals surface area contributed by atoms with Crippen LogP contribution in [0.15, 0.2) is 36.5 Å². The van der Waals surface area contributed by atoms with Crippen molar-refractivity contribution < 1.29 is 5.11 Å². The Balaban J connectivity index is 1.93. The van der Waals surface area contributed by atoms with Crippen LogP contribution in [0.25, 0.3) is 0 Å². The zero-order valence-corrected chi connectivity index (χ0v) is 10.4. The van der Waals surface area contributed by atoms with Gasteiger partial charge in [0.05, 0.1) is 5.69 Å². The Hall–Kier alpha value is -1.74. The van der Waals surface area contributed by atoms with Crippen LogP contribution in [0, 0.1) is 6.92 Å². The normalized spacial score (nSPS) is 19.6. The Bertz CT molecular complexity index is 568. The molecule has 2 aromatic heterocycles. The summed E-state index contributed by atoms with van der Waals surface area (Å²) in [6.45, 7) is 1.94. The molecule has 0 amide bonds. The Morgan fingerprint density at radius 1 is 1.28 bits per heavy atom. The highest BCUT2D eigenvalue weighted by Gasteiger charge is 2.31. The van der Waals surface area contributed by atoms with E-state index in [0.29, 0.717) is 0 Å². The third-order valence-corrected chi connectivity index (χ3v) is 3.60. The lowest BCUT2D eigenvalue weighted by atomic mass is 9.96. The maximum absolute atomic E-state index is 10.5. The van der Waals surface area contributed by atoms with Crippen LogP contribution < -0.4 is 0 Å². The number of fused-ring (bicyclic) bond motifs is 1. The second-order valence-electron chi connectivity index (χ2n) is 4.84. The van der Waals surface area contributed by atoms with Crippen LogP contribution >= 0.6 is 0 Å². The maximum Gasteiger partial charge on any atom is 0.104 e. The third kappa shape index (κ3) is 1.91. The van der Waals surface area contributed by atoms with Gasteiger partial charge in [0.15, 0.2) is 0 Å². The van der Waals surface area contributed by atoms with Gasteiger partial charge in [-0.1, -0.05) is 12.1 Å². The van der Waals surface area contributed by atoms with Crippen molar-refractivity contribution in [2.75, 3.05) is 0 Å². The van der Waals surface area contributed by atoms with E-state index >= 15 is 0 Å². The van der Waals surface area contributed by atoms with Crippen LogP contribution in [0.1, 0.15) is 41.1 Å². The molecule has 1 aliphatic carbocycles. The van der Waals surface area contributed by atoms with Crippen molar-refractivity contribution in [1.29, 1.82) is 0 Å². The van der Waals surface area contributed by atoms with Gasteiger partial charge in [-0.15, -0.1) is 0 Å². The monoisotopic (exact) mass is 240 g/mol. The summed E-state index contributed by atoms with van der Waals surface area (Å²) >= 11 is 0. The number of aliphatic hydroxyl groups is 1. The summed E-state index contributed by atoms with van der Waals surface area (Å²) in [5.74, 6) is 0.0792. The Kier molecular flexibility index (Phi) is 2.84. The van der Waals surface area contributed by atoms with Crippen molar-refractivity contribution in [3.05, 3.63) is 59.2 Å². The molecule has 0 fully saturated rings. The molecule has 0 aliphatic heterocycles. The first-order valence-electron chi connectivity index (χ1n) is 6.31. The number of aliphatic hydroxyl groups excluding tert-OH is 1. The van der Waals surface area contributed by atoms with E-state index in [9.17, 15) is 5.11 Å². The molecule has 3 rings (SSSR count). The van der Waals surface area contributed by atoms with Gasteiger partial charge in [-0.25, -0.2) is 0 Å². The smallest absolute Gasteiger partial charge is 0.104 e. The van der Waals surface area contributed by atoms with E-state index in [1.54, 1.807) is 6.20 Å². The summed E-state index contributed by atoms with van der Waals surface area (Å²) in [6, 6.07) is 9.82. The van der Waals surface area contributed by atoms with Crippen molar-refractivity contribution in [3.8, 4) is 0 Å². The van der Waals surface area contributed by atoms with Gasteiger partial charge in [0, 0.05) is 23.5 Å². The fourth-order valence-corrected chi connectivity index (χ4v) is 2.69. The van der Waals surface area contributed by atoms with E-state index in [2.05, 4.69) is 16.0 Å². The number of hydrogen-bond acceptors (Lipinski definition) is 3. The first kappa shape index (κ1) is 11.4. The molecule has 1 N–H and O–H groups in total. The van der Waals surface area contributed by atoms with Gasteiger partial charge in [0.25, 0.3) is 0 Å². The molecule has 0 spiro atoms. The minimum absolute atomic E-state index is 0.0792. The fourth-order valence-electron chi connectivity index (χ4n) is 2.69. The molecular formula is C15H16N2O. The number of aromatic nitrogens is 2. The standard InChI is InChI=1S/C15H16N2O/c1-10-4-2-6-13(17-10)15(18)12-8-7-11-5-3-9-16-14(11)12/h2-6,9,12,15,18H,7-8H2,1H3. The molecule has 0 radical (unpaired) electrons. The number of pyridine rings is 2. The molecular weight excluding hydrogens is 224 g/mol. The van der Waals surface area contributed by atoms with Gasteiger partial charge in [-0.3, -0.25) is 9.97 Å². The summed E-state index contributed by atoms with van der Waals surface area (Å²) < 4.78 is 0.